The van der Waals surface area contributed by atoms with E-state index in [0.717, 1.165) is 5.69 Å². The molecule has 0 saturated heterocycles. The molecule has 1 unspecified atom stereocenters. The highest BCUT2D eigenvalue weighted by Crippen LogP contribution is 2.14. The molecule has 0 aliphatic carbocycles. The Morgan fingerprint density at radius 2 is 2.26 bits per heavy atom. The summed E-state index contributed by atoms with van der Waals surface area (Å²) in [6, 6.07) is 6.05. The van der Waals surface area contributed by atoms with Crippen molar-refractivity contribution in [1.82, 2.24) is 5.32 Å². The van der Waals surface area contributed by atoms with Crippen molar-refractivity contribution in [3.63, 3.8) is 0 Å². The Hall–Kier alpha value is -1.62. The summed E-state index contributed by atoms with van der Waals surface area (Å²) in [7, 11) is 3.59. The second-order valence-corrected chi connectivity index (χ2v) is 4.28. The van der Waals surface area contributed by atoms with E-state index >= 15 is 0 Å². The Bertz CT molecular complexity index is 412. The largest absolute Gasteiger partial charge is 0.465 e. The number of ether oxygens (including phenoxy) is 1. The van der Waals surface area contributed by atoms with E-state index in [-0.39, 0.29) is 17.8 Å². The number of carbonyl (C=O) groups excluding carboxylic acids is 1. The molecule has 1 atom stereocenters. The van der Waals surface area contributed by atoms with Gasteiger partial charge in [-0.15, -0.1) is 0 Å². The molecule has 0 spiro atoms. The van der Waals surface area contributed by atoms with Crippen LogP contribution in [0.25, 0.3) is 0 Å². The average molecular weight is 268 g/mol. The van der Waals surface area contributed by atoms with Crippen LogP contribution in [-0.4, -0.2) is 39.3 Å². The number of hydrogen-bond acceptors (Lipinski definition) is 4. The molecular weight excluding hydrogens is 247 g/mol. The predicted octanol–water partition coefficient (Wildman–Crippen LogP) is 1.80. The molecule has 0 heterocycles. The second-order valence-electron chi connectivity index (χ2n) is 4.28. The number of nitrogens with one attached hydrogen (secondary N) is 1. The Kier molecular flexibility index (Phi) is 6.29. The summed E-state index contributed by atoms with van der Waals surface area (Å²) >= 11 is 0. The Morgan fingerprint density at radius 3 is 2.84 bits per heavy atom. The van der Waals surface area contributed by atoms with Gasteiger partial charge in [-0.2, -0.15) is 0 Å². The first-order valence-corrected chi connectivity index (χ1v) is 6.39. The van der Waals surface area contributed by atoms with Crippen molar-refractivity contribution in [2.24, 2.45) is 0 Å². The van der Waals surface area contributed by atoms with Gasteiger partial charge >= 0.3 is 5.97 Å². The lowest BCUT2D eigenvalue weighted by atomic mass is 10.2. The molecule has 1 N–H and O–H groups in total. The molecule has 19 heavy (non-hydrogen) atoms. The van der Waals surface area contributed by atoms with Crippen LogP contribution in [0.15, 0.2) is 24.3 Å². The number of carbonyl (C=O) groups is 1. The highest BCUT2D eigenvalue weighted by Gasteiger charge is 2.17. The van der Waals surface area contributed by atoms with Crippen LogP contribution in [0.5, 0.6) is 0 Å². The number of likely N-dealkylation sites (N-methyl/N-ethyl adjacent to an activating group) is 1. The predicted molar refractivity (Wildman–Crippen MR) is 73.8 cm³/mol. The zero-order valence-corrected chi connectivity index (χ0v) is 11.6. The summed E-state index contributed by atoms with van der Waals surface area (Å²) in [5.41, 5.74) is 0.790. The molecule has 0 aliphatic rings. The Morgan fingerprint density at radius 1 is 1.53 bits per heavy atom. The number of benzene rings is 1. The summed E-state index contributed by atoms with van der Waals surface area (Å²) in [4.78, 5) is 13.5. The fourth-order valence-electron chi connectivity index (χ4n) is 1.79. The first-order valence-electron chi connectivity index (χ1n) is 6.39. The second kappa shape index (κ2) is 7.74. The maximum Gasteiger partial charge on any atom is 0.323 e. The smallest absolute Gasteiger partial charge is 0.323 e. The monoisotopic (exact) mass is 268 g/mol. The molecule has 106 valence electrons. The molecule has 1 aromatic rings. The van der Waals surface area contributed by atoms with Crippen LogP contribution in [0.2, 0.25) is 0 Å². The number of hydrogen-bond donors (Lipinski definition) is 1. The first kappa shape index (κ1) is 15.4. The topological polar surface area (TPSA) is 41.6 Å². The van der Waals surface area contributed by atoms with Crippen LogP contribution in [0.3, 0.4) is 0 Å². The molecule has 0 saturated carbocycles. The van der Waals surface area contributed by atoms with E-state index in [2.05, 4.69) is 5.32 Å². The van der Waals surface area contributed by atoms with Crippen molar-refractivity contribution in [2.45, 2.75) is 19.4 Å². The first-order chi connectivity index (χ1) is 9.08. The molecule has 0 aromatic heterocycles. The molecule has 5 heteroatoms. The van der Waals surface area contributed by atoms with Crippen molar-refractivity contribution in [3.8, 4) is 0 Å². The molecule has 0 aliphatic heterocycles. The lowest BCUT2D eigenvalue weighted by Crippen LogP contribution is -2.38. The summed E-state index contributed by atoms with van der Waals surface area (Å²) in [5.74, 6) is -0.516. The fraction of sp³-hybridized carbons (Fsp3) is 0.500. The standard InChI is InChI=1S/C14H21FN2O2/c1-4-19-14(18)13(16-2)8-9-17(3)12-7-5-6-11(15)10-12/h5-7,10,13,16H,4,8-9H2,1-3H3. The SMILES string of the molecule is CCOC(=O)C(CCN(C)c1cccc(F)c1)NC. The minimum Gasteiger partial charge on any atom is -0.465 e. The summed E-state index contributed by atoms with van der Waals surface area (Å²) < 4.78 is 18.1. The zero-order valence-electron chi connectivity index (χ0n) is 11.6. The van der Waals surface area contributed by atoms with Gasteiger partial charge < -0.3 is 15.0 Å². The fourth-order valence-corrected chi connectivity index (χ4v) is 1.79. The number of rotatable bonds is 7. The van der Waals surface area contributed by atoms with Crippen LogP contribution in [-0.2, 0) is 9.53 Å². The third-order valence-electron chi connectivity index (χ3n) is 2.92. The van der Waals surface area contributed by atoms with Gasteiger partial charge in [0.25, 0.3) is 0 Å². The van der Waals surface area contributed by atoms with E-state index in [9.17, 15) is 9.18 Å². The average Bonchev–Trinajstić information content (AvgIpc) is 2.39. The Balaban J connectivity index is 2.52. The zero-order chi connectivity index (χ0) is 14.3. The quantitative estimate of drug-likeness (QED) is 0.766. The van der Waals surface area contributed by atoms with Gasteiger partial charge in [-0.3, -0.25) is 4.79 Å². The van der Waals surface area contributed by atoms with E-state index in [1.165, 1.54) is 12.1 Å². The normalized spacial score (nSPS) is 12.0. The van der Waals surface area contributed by atoms with E-state index in [1.807, 2.05) is 18.0 Å². The van der Waals surface area contributed by atoms with Crippen molar-refractivity contribution in [2.75, 3.05) is 32.1 Å². The molecule has 0 radical (unpaired) electrons. The van der Waals surface area contributed by atoms with E-state index < -0.39 is 0 Å². The molecule has 1 rings (SSSR count). The highest BCUT2D eigenvalue weighted by atomic mass is 19.1. The van der Waals surface area contributed by atoms with Crippen molar-refractivity contribution in [1.29, 1.82) is 0 Å². The van der Waals surface area contributed by atoms with Gasteiger partial charge in [0.15, 0.2) is 0 Å². The van der Waals surface area contributed by atoms with Gasteiger partial charge in [0.2, 0.25) is 0 Å². The third kappa shape index (κ3) is 4.87. The van der Waals surface area contributed by atoms with Crippen molar-refractivity contribution < 1.29 is 13.9 Å². The van der Waals surface area contributed by atoms with Gasteiger partial charge in [-0.05, 0) is 38.6 Å². The van der Waals surface area contributed by atoms with Crippen LogP contribution >= 0.6 is 0 Å². The van der Waals surface area contributed by atoms with Crippen LogP contribution in [0.4, 0.5) is 10.1 Å². The van der Waals surface area contributed by atoms with Crippen molar-refractivity contribution in [3.05, 3.63) is 30.1 Å². The third-order valence-corrected chi connectivity index (χ3v) is 2.92. The minimum absolute atomic E-state index is 0.252. The van der Waals surface area contributed by atoms with Crippen LogP contribution in [0.1, 0.15) is 13.3 Å². The van der Waals surface area contributed by atoms with E-state index in [0.29, 0.717) is 19.6 Å². The minimum atomic E-state index is -0.337. The molecule has 0 amide bonds. The van der Waals surface area contributed by atoms with Gasteiger partial charge in [0.1, 0.15) is 11.9 Å². The number of esters is 1. The lowest BCUT2D eigenvalue weighted by molar-refractivity contribution is -0.145. The summed E-state index contributed by atoms with van der Waals surface area (Å²) in [5, 5.41) is 2.93. The van der Waals surface area contributed by atoms with Gasteiger partial charge in [-0.25, -0.2) is 4.39 Å². The molecular formula is C14H21FN2O2. The van der Waals surface area contributed by atoms with Crippen LogP contribution < -0.4 is 10.2 Å². The van der Waals surface area contributed by atoms with Gasteiger partial charge in [-0.1, -0.05) is 6.07 Å². The van der Waals surface area contributed by atoms with Gasteiger partial charge in [0.05, 0.1) is 6.61 Å². The maximum absolute atomic E-state index is 13.1. The molecule has 0 bridgehead atoms. The van der Waals surface area contributed by atoms with Crippen LogP contribution in [0, 0.1) is 5.82 Å². The highest BCUT2D eigenvalue weighted by molar-refractivity contribution is 5.75. The summed E-state index contributed by atoms with van der Waals surface area (Å²) in [6.07, 6.45) is 0.600. The lowest BCUT2D eigenvalue weighted by Gasteiger charge is -2.22. The maximum atomic E-state index is 13.1. The molecule has 1 aromatic carbocycles. The molecule has 4 nitrogen and oxygen atoms in total. The van der Waals surface area contributed by atoms with E-state index in [4.69, 9.17) is 4.74 Å². The van der Waals surface area contributed by atoms with Gasteiger partial charge in [0, 0.05) is 19.3 Å². The number of halogens is 1. The van der Waals surface area contributed by atoms with E-state index in [1.54, 1.807) is 20.0 Å². The van der Waals surface area contributed by atoms with Crippen molar-refractivity contribution >= 4 is 11.7 Å². The number of nitrogens with zero attached hydrogens (tertiary/aromatic N) is 1. The molecule has 0 fully saturated rings. The number of anilines is 1. The Labute approximate surface area is 113 Å². The summed E-state index contributed by atoms with van der Waals surface area (Å²) in [6.45, 7) is 2.79.